The summed E-state index contributed by atoms with van der Waals surface area (Å²) in [5.41, 5.74) is 1.83. The molecule has 0 unspecified atom stereocenters. The average molecular weight is 192 g/mol. The van der Waals surface area contributed by atoms with Crippen molar-refractivity contribution in [1.29, 1.82) is 0 Å². The van der Waals surface area contributed by atoms with Crippen LogP contribution in [0.5, 0.6) is 0 Å². The highest BCUT2D eigenvalue weighted by Crippen LogP contribution is 2.05. The Morgan fingerprint density at radius 2 is 2.14 bits per heavy atom. The first-order valence-corrected chi connectivity index (χ1v) is 4.81. The topological polar surface area (TPSA) is 26.3 Å². The summed E-state index contributed by atoms with van der Waals surface area (Å²) in [7, 11) is 0. The summed E-state index contributed by atoms with van der Waals surface area (Å²) < 4.78 is 5.25. The molecule has 0 aliphatic rings. The fraction of sp³-hybridized carbons (Fsp3) is 0.417. The van der Waals surface area contributed by atoms with Crippen molar-refractivity contribution in [3.8, 4) is 0 Å². The standard InChI is InChI=1S/C12H16O2/c1-9(2)14-8-12(13)11-6-4-5-10(3)7-11/h4-7,9H,8H2,1-3H3. The quantitative estimate of drug-likeness (QED) is 0.685. The Morgan fingerprint density at radius 3 is 2.71 bits per heavy atom. The molecule has 0 spiro atoms. The van der Waals surface area contributed by atoms with Crippen LogP contribution in [0.4, 0.5) is 0 Å². The highest BCUT2D eigenvalue weighted by Gasteiger charge is 2.06. The SMILES string of the molecule is Cc1cccc(C(=O)COC(C)C)c1. The third-order valence-corrected chi connectivity index (χ3v) is 1.89. The average Bonchev–Trinajstić information content (AvgIpc) is 2.14. The fourth-order valence-electron chi connectivity index (χ4n) is 1.14. The van der Waals surface area contributed by atoms with Gasteiger partial charge in [0.25, 0.3) is 0 Å². The van der Waals surface area contributed by atoms with Gasteiger partial charge in [-0.3, -0.25) is 4.79 Å². The molecule has 0 bridgehead atoms. The minimum atomic E-state index is 0.0439. The van der Waals surface area contributed by atoms with E-state index in [-0.39, 0.29) is 18.5 Å². The molecule has 0 saturated carbocycles. The number of hydrogen-bond acceptors (Lipinski definition) is 2. The number of Topliss-reactive ketones (excluding diaryl/α,β-unsaturated/α-hetero) is 1. The summed E-state index contributed by atoms with van der Waals surface area (Å²) in [6.07, 6.45) is 0.101. The van der Waals surface area contributed by atoms with E-state index in [1.807, 2.05) is 45.0 Å². The lowest BCUT2D eigenvalue weighted by Gasteiger charge is -2.06. The van der Waals surface area contributed by atoms with E-state index in [1.54, 1.807) is 0 Å². The minimum absolute atomic E-state index is 0.0439. The summed E-state index contributed by atoms with van der Waals surface area (Å²) >= 11 is 0. The second kappa shape index (κ2) is 4.91. The number of hydrogen-bond donors (Lipinski definition) is 0. The number of benzene rings is 1. The third-order valence-electron chi connectivity index (χ3n) is 1.89. The molecule has 0 N–H and O–H groups in total. The molecule has 0 fully saturated rings. The van der Waals surface area contributed by atoms with Crippen LogP contribution in [0.15, 0.2) is 24.3 Å². The van der Waals surface area contributed by atoms with E-state index in [1.165, 1.54) is 0 Å². The lowest BCUT2D eigenvalue weighted by atomic mass is 10.1. The molecule has 0 radical (unpaired) electrons. The number of carbonyl (C=O) groups excluding carboxylic acids is 1. The summed E-state index contributed by atoms with van der Waals surface area (Å²) in [6.45, 7) is 5.98. The maximum Gasteiger partial charge on any atom is 0.188 e. The van der Waals surface area contributed by atoms with Gasteiger partial charge in [-0.05, 0) is 26.8 Å². The smallest absolute Gasteiger partial charge is 0.188 e. The predicted molar refractivity (Wildman–Crippen MR) is 56.6 cm³/mol. The van der Waals surface area contributed by atoms with Crippen LogP contribution >= 0.6 is 0 Å². The van der Waals surface area contributed by atoms with E-state index >= 15 is 0 Å². The minimum Gasteiger partial charge on any atom is -0.371 e. The van der Waals surface area contributed by atoms with Gasteiger partial charge in [0.2, 0.25) is 0 Å². The molecule has 0 aliphatic carbocycles. The lowest BCUT2D eigenvalue weighted by molar-refractivity contribution is 0.0585. The van der Waals surface area contributed by atoms with Crippen LogP contribution < -0.4 is 0 Å². The van der Waals surface area contributed by atoms with E-state index in [0.29, 0.717) is 0 Å². The van der Waals surface area contributed by atoms with Gasteiger partial charge in [0.15, 0.2) is 5.78 Å². The van der Waals surface area contributed by atoms with E-state index < -0.39 is 0 Å². The molecule has 76 valence electrons. The van der Waals surface area contributed by atoms with Crippen molar-refractivity contribution >= 4 is 5.78 Å². The Morgan fingerprint density at radius 1 is 1.43 bits per heavy atom. The highest BCUT2D eigenvalue weighted by atomic mass is 16.5. The zero-order chi connectivity index (χ0) is 10.6. The maximum atomic E-state index is 11.6. The Hall–Kier alpha value is -1.15. The van der Waals surface area contributed by atoms with Gasteiger partial charge < -0.3 is 4.74 Å². The van der Waals surface area contributed by atoms with Crippen LogP contribution in [0.2, 0.25) is 0 Å². The van der Waals surface area contributed by atoms with Gasteiger partial charge >= 0.3 is 0 Å². The van der Waals surface area contributed by atoms with E-state index in [0.717, 1.165) is 11.1 Å². The zero-order valence-electron chi connectivity index (χ0n) is 8.91. The molecule has 0 saturated heterocycles. The molecule has 2 nitrogen and oxygen atoms in total. The molecular formula is C12H16O2. The fourth-order valence-corrected chi connectivity index (χ4v) is 1.14. The van der Waals surface area contributed by atoms with Crippen molar-refractivity contribution in [2.24, 2.45) is 0 Å². The van der Waals surface area contributed by atoms with E-state index in [4.69, 9.17) is 4.74 Å². The largest absolute Gasteiger partial charge is 0.371 e. The van der Waals surface area contributed by atoms with Crippen molar-refractivity contribution < 1.29 is 9.53 Å². The van der Waals surface area contributed by atoms with Gasteiger partial charge in [-0.15, -0.1) is 0 Å². The summed E-state index contributed by atoms with van der Waals surface area (Å²) in [5, 5.41) is 0. The molecule has 1 aromatic carbocycles. The Kier molecular flexibility index (Phi) is 3.84. The molecule has 0 atom stereocenters. The number of aryl methyl sites for hydroxylation is 1. The van der Waals surface area contributed by atoms with Crippen LogP contribution in [0, 0.1) is 6.92 Å². The molecule has 1 rings (SSSR count). The monoisotopic (exact) mass is 192 g/mol. The van der Waals surface area contributed by atoms with Crippen molar-refractivity contribution in [1.82, 2.24) is 0 Å². The lowest BCUT2D eigenvalue weighted by Crippen LogP contribution is -2.13. The number of ether oxygens (including phenoxy) is 1. The van der Waals surface area contributed by atoms with Crippen molar-refractivity contribution in [2.75, 3.05) is 6.61 Å². The summed E-state index contributed by atoms with van der Waals surface area (Å²) in [5.74, 6) is 0.0439. The first kappa shape index (κ1) is 10.9. The molecule has 0 amide bonds. The second-order valence-corrected chi connectivity index (χ2v) is 3.65. The summed E-state index contributed by atoms with van der Waals surface area (Å²) in [6, 6.07) is 7.56. The van der Waals surface area contributed by atoms with Crippen LogP contribution in [0.3, 0.4) is 0 Å². The molecule has 0 aromatic heterocycles. The Balaban J connectivity index is 2.61. The van der Waals surface area contributed by atoms with Crippen molar-refractivity contribution in [2.45, 2.75) is 26.9 Å². The summed E-state index contributed by atoms with van der Waals surface area (Å²) in [4.78, 5) is 11.6. The highest BCUT2D eigenvalue weighted by molar-refractivity contribution is 5.97. The van der Waals surface area contributed by atoms with Crippen LogP contribution in [0.25, 0.3) is 0 Å². The number of carbonyl (C=O) groups is 1. The number of rotatable bonds is 4. The molecule has 14 heavy (non-hydrogen) atoms. The molecule has 0 heterocycles. The third kappa shape index (κ3) is 3.30. The van der Waals surface area contributed by atoms with Crippen LogP contribution in [-0.4, -0.2) is 18.5 Å². The number of ketones is 1. The van der Waals surface area contributed by atoms with Gasteiger partial charge in [-0.25, -0.2) is 0 Å². The van der Waals surface area contributed by atoms with Crippen molar-refractivity contribution in [3.63, 3.8) is 0 Å². The van der Waals surface area contributed by atoms with Gasteiger partial charge in [0.1, 0.15) is 6.61 Å². The van der Waals surface area contributed by atoms with Crippen LogP contribution in [0.1, 0.15) is 29.8 Å². The zero-order valence-corrected chi connectivity index (χ0v) is 8.91. The Labute approximate surface area is 84.9 Å². The van der Waals surface area contributed by atoms with Gasteiger partial charge in [0.05, 0.1) is 6.10 Å². The van der Waals surface area contributed by atoms with Gasteiger partial charge in [-0.1, -0.05) is 23.8 Å². The molecular weight excluding hydrogens is 176 g/mol. The van der Waals surface area contributed by atoms with E-state index in [9.17, 15) is 4.79 Å². The molecule has 1 aromatic rings. The first-order chi connectivity index (χ1) is 6.59. The van der Waals surface area contributed by atoms with Crippen molar-refractivity contribution in [3.05, 3.63) is 35.4 Å². The van der Waals surface area contributed by atoms with E-state index in [2.05, 4.69) is 0 Å². The van der Waals surface area contributed by atoms with Gasteiger partial charge in [0, 0.05) is 5.56 Å². The Bertz CT molecular complexity index is 316. The maximum absolute atomic E-state index is 11.6. The van der Waals surface area contributed by atoms with Gasteiger partial charge in [-0.2, -0.15) is 0 Å². The van der Waals surface area contributed by atoms with Crippen LogP contribution in [-0.2, 0) is 4.74 Å². The first-order valence-electron chi connectivity index (χ1n) is 4.81. The molecule has 2 heteroatoms. The normalized spacial score (nSPS) is 10.6. The second-order valence-electron chi connectivity index (χ2n) is 3.65. The molecule has 0 aliphatic heterocycles. The predicted octanol–water partition coefficient (Wildman–Crippen LogP) is 2.60.